The average Bonchev–Trinajstić information content (AvgIpc) is 2.68. The minimum Gasteiger partial charge on any atom is -0.377 e. The van der Waals surface area contributed by atoms with E-state index < -0.39 is 0 Å². The topological polar surface area (TPSA) is 50.4 Å². The van der Waals surface area contributed by atoms with Crippen LogP contribution in [0, 0.1) is 5.92 Å². The molecule has 0 aliphatic carbocycles. The van der Waals surface area contributed by atoms with E-state index >= 15 is 0 Å². The molecule has 1 heterocycles. The number of carbonyl (C=O) groups excluding carboxylic acids is 1. The zero-order valence-electron chi connectivity index (χ0n) is 10.3. The zero-order chi connectivity index (χ0) is 11.3. The van der Waals surface area contributed by atoms with E-state index in [1.807, 2.05) is 13.8 Å². The van der Waals surface area contributed by atoms with Gasteiger partial charge in [0.25, 0.3) is 0 Å². The maximum atomic E-state index is 11.6. The van der Waals surface area contributed by atoms with Gasteiger partial charge in [-0.25, -0.2) is 0 Å². The Kier molecular flexibility index (Phi) is 6.95. The van der Waals surface area contributed by atoms with Gasteiger partial charge < -0.3 is 15.4 Å². The summed E-state index contributed by atoms with van der Waals surface area (Å²) in [6.07, 6.45) is 1.74. The molecule has 96 valence electrons. The molecule has 0 spiro atoms. The van der Waals surface area contributed by atoms with Gasteiger partial charge in [-0.15, -0.1) is 12.4 Å². The van der Waals surface area contributed by atoms with Crippen molar-refractivity contribution in [2.24, 2.45) is 5.92 Å². The van der Waals surface area contributed by atoms with E-state index in [1.165, 1.54) is 0 Å². The Bertz CT molecular complexity index is 216. The second-order valence-corrected chi connectivity index (χ2v) is 4.80. The first-order valence-electron chi connectivity index (χ1n) is 5.56. The lowest BCUT2D eigenvalue weighted by Gasteiger charge is -2.23. The highest BCUT2D eigenvalue weighted by Crippen LogP contribution is 2.12. The first-order chi connectivity index (χ1) is 7.03. The molecule has 1 atom stereocenters. The first-order valence-corrected chi connectivity index (χ1v) is 5.56. The number of rotatable bonds is 5. The van der Waals surface area contributed by atoms with Crippen molar-refractivity contribution in [2.75, 3.05) is 26.7 Å². The number of hydrogen-bond acceptors (Lipinski definition) is 3. The maximum absolute atomic E-state index is 11.6. The normalized spacial score (nSPS) is 20.3. The molecule has 0 aromatic heterocycles. The van der Waals surface area contributed by atoms with E-state index in [2.05, 4.69) is 10.6 Å². The Hall–Kier alpha value is -0.320. The summed E-state index contributed by atoms with van der Waals surface area (Å²) in [4.78, 5) is 11.6. The summed E-state index contributed by atoms with van der Waals surface area (Å²) in [5.41, 5.74) is -0.274. The van der Waals surface area contributed by atoms with E-state index in [1.54, 1.807) is 7.11 Å². The Labute approximate surface area is 104 Å². The van der Waals surface area contributed by atoms with Gasteiger partial charge in [0.2, 0.25) is 5.91 Å². The van der Waals surface area contributed by atoms with Gasteiger partial charge in [0, 0.05) is 20.1 Å². The van der Waals surface area contributed by atoms with Crippen LogP contribution < -0.4 is 10.6 Å². The minimum absolute atomic E-state index is 0. The highest BCUT2D eigenvalue weighted by atomic mass is 35.5. The maximum Gasteiger partial charge on any atom is 0.220 e. The van der Waals surface area contributed by atoms with Crippen molar-refractivity contribution in [1.29, 1.82) is 0 Å². The third kappa shape index (κ3) is 5.68. The van der Waals surface area contributed by atoms with Gasteiger partial charge >= 0.3 is 0 Å². The van der Waals surface area contributed by atoms with Crippen LogP contribution in [0.25, 0.3) is 0 Å². The predicted molar refractivity (Wildman–Crippen MR) is 66.9 cm³/mol. The van der Waals surface area contributed by atoms with Gasteiger partial charge in [-0.1, -0.05) is 0 Å². The second kappa shape index (κ2) is 7.09. The van der Waals surface area contributed by atoms with E-state index in [9.17, 15) is 4.79 Å². The molecule has 1 aliphatic heterocycles. The van der Waals surface area contributed by atoms with Gasteiger partial charge in [-0.3, -0.25) is 4.79 Å². The highest BCUT2D eigenvalue weighted by Gasteiger charge is 2.20. The van der Waals surface area contributed by atoms with Gasteiger partial charge in [-0.2, -0.15) is 0 Å². The third-order valence-electron chi connectivity index (χ3n) is 2.90. The molecule has 16 heavy (non-hydrogen) atoms. The largest absolute Gasteiger partial charge is 0.377 e. The van der Waals surface area contributed by atoms with E-state index in [0.717, 1.165) is 19.5 Å². The predicted octanol–water partition coefficient (Wildman–Crippen LogP) is 0.949. The molecule has 1 rings (SSSR count). The molecule has 5 heteroatoms. The molecule has 1 fully saturated rings. The van der Waals surface area contributed by atoms with Gasteiger partial charge in [0.05, 0.1) is 5.60 Å². The molecule has 0 aromatic carbocycles. The van der Waals surface area contributed by atoms with Crippen molar-refractivity contribution in [3.63, 3.8) is 0 Å². The van der Waals surface area contributed by atoms with Crippen LogP contribution >= 0.6 is 12.4 Å². The molecule has 1 aliphatic rings. The molecule has 1 amide bonds. The SMILES string of the molecule is COC(C)(C)CNC(=O)CC1CCNC1.Cl. The average molecular weight is 251 g/mol. The fraction of sp³-hybridized carbons (Fsp3) is 0.909. The van der Waals surface area contributed by atoms with Crippen LogP contribution in [0.4, 0.5) is 0 Å². The summed E-state index contributed by atoms with van der Waals surface area (Å²) in [6.45, 7) is 6.51. The zero-order valence-corrected chi connectivity index (χ0v) is 11.2. The highest BCUT2D eigenvalue weighted by molar-refractivity contribution is 5.85. The van der Waals surface area contributed by atoms with Crippen molar-refractivity contribution in [3.8, 4) is 0 Å². The summed E-state index contributed by atoms with van der Waals surface area (Å²) in [5.74, 6) is 0.643. The summed E-state index contributed by atoms with van der Waals surface area (Å²) in [7, 11) is 1.66. The van der Waals surface area contributed by atoms with Crippen LogP contribution in [0.2, 0.25) is 0 Å². The summed E-state index contributed by atoms with van der Waals surface area (Å²) in [6, 6.07) is 0. The van der Waals surface area contributed by atoms with Crippen molar-refractivity contribution < 1.29 is 9.53 Å². The van der Waals surface area contributed by atoms with Crippen molar-refractivity contribution in [3.05, 3.63) is 0 Å². The third-order valence-corrected chi connectivity index (χ3v) is 2.90. The standard InChI is InChI=1S/C11H22N2O2.ClH/c1-11(2,15-3)8-13-10(14)6-9-4-5-12-7-9;/h9,12H,4-8H2,1-3H3,(H,13,14);1H. The quantitative estimate of drug-likeness (QED) is 0.764. The molecule has 0 radical (unpaired) electrons. The fourth-order valence-electron chi connectivity index (χ4n) is 1.61. The van der Waals surface area contributed by atoms with Crippen LogP contribution in [-0.2, 0) is 9.53 Å². The second-order valence-electron chi connectivity index (χ2n) is 4.80. The van der Waals surface area contributed by atoms with Crippen LogP contribution in [-0.4, -0.2) is 38.3 Å². The number of amides is 1. The Morgan fingerprint density at radius 1 is 1.56 bits per heavy atom. The smallest absolute Gasteiger partial charge is 0.220 e. The molecule has 1 unspecified atom stereocenters. The van der Waals surface area contributed by atoms with Crippen LogP contribution in [0.3, 0.4) is 0 Å². The lowest BCUT2D eigenvalue weighted by molar-refractivity contribution is -0.123. The van der Waals surface area contributed by atoms with Crippen LogP contribution in [0.15, 0.2) is 0 Å². The molecule has 2 N–H and O–H groups in total. The lowest BCUT2D eigenvalue weighted by atomic mass is 10.0. The number of carbonyl (C=O) groups is 1. The van der Waals surface area contributed by atoms with E-state index in [4.69, 9.17) is 4.74 Å². The summed E-state index contributed by atoms with van der Waals surface area (Å²) in [5, 5.41) is 6.17. The summed E-state index contributed by atoms with van der Waals surface area (Å²) >= 11 is 0. The first kappa shape index (κ1) is 15.7. The number of ether oxygens (including phenoxy) is 1. The molecule has 4 nitrogen and oxygen atoms in total. The molecule has 0 aromatic rings. The van der Waals surface area contributed by atoms with Gasteiger partial charge in [-0.05, 0) is 39.3 Å². The molecular formula is C11H23ClN2O2. The van der Waals surface area contributed by atoms with Crippen LogP contribution in [0.5, 0.6) is 0 Å². The van der Waals surface area contributed by atoms with Crippen molar-refractivity contribution >= 4 is 18.3 Å². The monoisotopic (exact) mass is 250 g/mol. The van der Waals surface area contributed by atoms with Crippen molar-refractivity contribution in [1.82, 2.24) is 10.6 Å². The molecular weight excluding hydrogens is 228 g/mol. The molecule has 0 saturated carbocycles. The van der Waals surface area contributed by atoms with Gasteiger partial charge in [0.15, 0.2) is 0 Å². The van der Waals surface area contributed by atoms with Crippen LogP contribution in [0.1, 0.15) is 26.7 Å². The lowest BCUT2D eigenvalue weighted by Crippen LogP contribution is -2.40. The van der Waals surface area contributed by atoms with E-state index in [0.29, 0.717) is 18.9 Å². The Balaban J connectivity index is 0.00000225. The summed E-state index contributed by atoms with van der Waals surface area (Å²) < 4.78 is 5.23. The number of methoxy groups -OCH3 is 1. The Morgan fingerprint density at radius 2 is 2.25 bits per heavy atom. The van der Waals surface area contributed by atoms with Crippen molar-refractivity contribution in [2.45, 2.75) is 32.3 Å². The fourth-order valence-corrected chi connectivity index (χ4v) is 1.61. The minimum atomic E-state index is -0.274. The number of nitrogens with one attached hydrogen (secondary N) is 2. The van der Waals surface area contributed by atoms with Gasteiger partial charge in [0.1, 0.15) is 0 Å². The number of hydrogen-bond donors (Lipinski definition) is 2. The molecule has 0 bridgehead atoms. The Morgan fingerprint density at radius 3 is 2.75 bits per heavy atom. The molecule has 1 saturated heterocycles. The van der Waals surface area contributed by atoms with E-state index in [-0.39, 0.29) is 23.9 Å². The number of halogens is 1.